The molecule has 2 aromatic rings. The maximum Gasteiger partial charge on any atom is 0.277 e. The van der Waals surface area contributed by atoms with Crippen LogP contribution in [0.4, 0.5) is 0 Å². The van der Waals surface area contributed by atoms with Gasteiger partial charge in [0.25, 0.3) is 11.5 Å². The quantitative estimate of drug-likeness (QED) is 0.834. The number of rotatable bonds is 4. The second kappa shape index (κ2) is 7.52. The fourth-order valence-corrected chi connectivity index (χ4v) is 4.47. The Morgan fingerprint density at radius 1 is 1.26 bits per heavy atom. The largest absolute Gasteiger partial charge is 0.351 e. The van der Waals surface area contributed by atoms with E-state index < -0.39 is 0 Å². The van der Waals surface area contributed by atoms with Gasteiger partial charge < -0.3 is 10.6 Å². The highest BCUT2D eigenvalue weighted by Gasteiger charge is 2.28. The van der Waals surface area contributed by atoms with Gasteiger partial charge in [-0.2, -0.15) is 5.10 Å². The van der Waals surface area contributed by atoms with Crippen molar-refractivity contribution in [2.24, 2.45) is 12.5 Å². The molecule has 1 aliphatic heterocycles. The number of thiazole rings is 1. The lowest BCUT2D eigenvalue weighted by Crippen LogP contribution is -2.42. The second-order valence-corrected chi connectivity index (χ2v) is 8.69. The first-order valence-electron chi connectivity index (χ1n) is 9.23. The summed E-state index contributed by atoms with van der Waals surface area (Å²) < 4.78 is 1.33. The van der Waals surface area contributed by atoms with E-state index >= 15 is 0 Å². The van der Waals surface area contributed by atoms with Gasteiger partial charge in [0.15, 0.2) is 0 Å². The van der Waals surface area contributed by atoms with Crippen LogP contribution in [0.15, 0.2) is 4.79 Å². The Morgan fingerprint density at radius 3 is 2.59 bits per heavy atom. The molecule has 0 unspecified atom stereocenters. The highest BCUT2D eigenvalue weighted by molar-refractivity contribution is 7.17. The summed E-state index contributed by atoms with van der Waals surface area (Å²) in [6.07, 6.45) is 2.09. The molecule has 0 atom stereocenters. The van der Waals surface area contributed by atoms with Gasteiger partial charge in [0, 0.05) is 13.6 Å². The van der Waals surface area contributed by atoms with Crippen LogP contribution < -0.4 is 16.2 Å². The van der Waals surface area contributed by atoms with Gasteiger partial charge in [-0.15, -0.1) is 11.3 Å². The molecule has 0 radical (unpaired) electrons. The molecule has 8 heteroatoms. The maximum atomic E-state index is 12.7. The van der Waals surface area contributed by atoms with Crippen LogP contribution >= 0.6 is 11.3 Å². The average molecular weight is 390 g/mol. The summed E-state index contributed by atoms with van der Waals surface area (Å²) in [7, 11) is 1.63. The third-order valence-corrected chi connectivity index (χ3v) is 6.60. The summed E-state index contributed by atoms with van der Waals surface area (Å²) in [5, 5.41) is 11.2. The minimum Gasteiger partial charge on any atom is -0.351 e. The topological polar surface area (TPSA) is 88.9 Å². The molecule has 3 heterocycles. The van der Waals surface area contributed by atoms with Gasteiger partial charge in [-0.25, -0.2) is 9.67 Å². The van der Waals surface area contributed by atoms with E-state index in [2.05, 4.69) is 27.6 Å². The fourth-order valence-electron chi connectivity index (χ4n) is 3.40. The molecule has 0 saturated carbocycles. The molecule has 1 aliphatic rings. The van der Waals surface area contributed by atoms with E-state index in [9.17, 15) is 9.59 Å². The van der Waals surface area contributed by atoms with E-state index in [0.717, 1.165) is 37.2 Å². The van der Waals surface area contributed by atoms with Gasteiger partial charge in [0.1, 0.15) is 9.88 Å². The molecule has 3 rings (SSSR count). The third-order valence-electron chi connectivity index (χ3n) is 5.43. The zero-order valence-electron chi connectivity index (χ0n) is 16.6. The molecule has 0 aromatic carbocycles. The Labute approximate surface area is 163 Å². The number of aryl methyl sites for hydroxylation is 3. The Balaban J connectivity index is 1.85. The van der Waals surface area contributed by atoms with Crippen LogP contribution in [-0.4, -0.2) is 40.3 Å². The number of hydrogen-bond donors (Lipinski definition) is 2. The first kappa shape index (κ1) is 19.7. The molecule has 2 N–H and O–H groups in total. The van der Waals surface area contributed by atoms with Gasteiger partial charge in [0.05, 0.1) is 17.0 Å². The fraction of sp³-hybridized carbons (Fsp3) is 0.579. The average Bonchev–Trinajstić information content (AvgIpc) is 3.00. The number of carbonyl (C=O) groups excluding carboxylic acids is 1. The predicted octanol–water partition coefficient (Wildman–Crippen LogP) is 1.95. The maximum absolute atomic E-state index is 12.7. The highest BCUT2D eigenvalue weighted by Crippen LogP contribution is 2.30. The lowest BCUT2D eigenvalue weighted by atomic mass is 9.81. The predicted molar refractivity (Wildman–Crippen MR) is 107 cm³/mol. The van der Waals surface area contributed by atoms with Crippen molar-refractivity contribution >= 4 is 17.2 Å². The summed E-state index contributed by atoms with van der Waals surface area (Å²) in [6, 6.07) is 0. The van der Waals surface area contributed by atoms with Crippen LogP contribution in [0.5, 0.6) is 0 Å². The SMILES string of the molecule is Cc1nc(-c2c(C)c(C)nn(C)c2=O)sc1C(=O)NCC1(C)CCNCC1. The molecule has 0 bridgehead atoms. The standard InChI is InChI=1S/C19H27N5O2S/c1-11-12(2)23-24(5)18(26)14(11)17-22-13(3)15(27-17)16(25)21-10-19(4)6-8-20-9-7-19/h20H,6-10H2,1-5H3,(H,21,25). The number of piperidine rings is 1. The van der Waals surface area contributed by atoms with Crippen molar-refractivity contribution in [1.29, 1.82) is 0 Å². The van der Waals surface area contributed by atoms with Crippen LogP contribution in [0.2, 0.25) is 0 Å². The van der Waals surface area contributed by atoms with E-state index in [1.807, 2.05) is 20.8 Å². The van der Waals surface area contributed by atoms with Gasteiger partial charge in [-0.05, 0) is 57.7 Å². The van der Waals surface area contributed by atoms with E-state index in [0.29, 0.717) is 27.7 Å². The van der Waals surface area contributed by atoms with Crippen LogP contribution in [0.25, 0.3) is 10.6 Å². The number of nitrogens with one attached hydrogen (secondary N) is 2. The number of aromatic nitrogens is 3. The molecule has 1 saturated heterocycles. The number of amides is 1. The Hall–Kier alpha value is -2.06. The van der Waals surface area contributed by atoms with E-state index in [4.69, 9.17) is 0 Å². The Bertz CT molecular complexity index is 925. The summed E-state index contributed by atoms with van der Waals surface area (Å²) >= 11 is 1.28. The summed E-state index contributed by atoms with van der Waals surface area (Å²) in [5.41, 5.74) is 2.70. The van der Waals surface area contributed by atoms with Crippen molar-refractivity contribution < 1.29 is 4.79 Å². The summed E-state index contributed by atoms with van der Waals surface area (Å²) in [6.45, 7) is 10.4. The molecule has 1 amide bonds. The second-order valence-electron chi connectivity index (χ2n) is 7.69. The van der Waals surface area contributed by atoms with E-state index in [1.165, 1.54) is 16.0 Å². The van der Waals surface area contributed by atoms with Gasteiger partial charge in [0.2, 0.25) is 0 Å². The Kier molecular flexibility index (Phi) is 5.48. The summed E-state index contributed by atoms with van der Waals surface area (Å²) in [4.78, 5) is 30.4. The Morgan fingerprint density at radius 2 is 1.93 bits per heavy atom. The van der Waals surface area contributed by atoms with Crippen LogP contribution in [-0.2, 0) is 7.05 Å². The van der Waals surface area contributed by atoms with Gasteiger partial charge >= 0.3 is 0 Å². The highest BCUT2D eigenvalue weighted by atomic mass is 32.1. The van der Waals surface area contributed by atoms with Crippen molar-refractivity contribution in [3.05, 3.63) is 32.2 Å². The van der Waals surface area contributed by atoms with Gasteiger partial charge in [-0.3, -0.25) is 9.59 Å². The lowest BCUT2D eigenvalue weighted by Gasteiger charge is -2.34. The van der Waals surface area contributed by atoms with Crippen molar-refractivity contribution in [2.45, 2.75) is 40.5 Å². The van der Waals surface area contributed by atoms with Crippen LogP contribution in [0, 0.1) is 26.2 Å². The monoisotopic (exact) mass is 389 g/mol. The lowest BCUT2D eigenvalue weighted by molar-refractivity contribution is 0.0925. The molecular formula is C19H27N5O2S. The smallest absolute Gasteiger partial charge is 0.277 e. The molecule has 1 fully saturated rings. The molecule has 27 heavy (non-hydrogen) atoms. The van der Waals surface area contributed by atoms with Crippen molar-refractivity contribution in [3.8, 4) is 10.6 Å². The van der Waals surface area contributed by atoms with Crippen molar-refractivity contribution in [3.63, 3.8) is 0 Å². The first-order valence-corrected chi connectivity index (χ1v) is 10.0. The van der Waals surface area contributed by atoms with E-state index in [-0.39, 0.29) is 16.9 Å². The van der Waals surface area contributed by atoms with Crippen LogP contribution in [0.1, 0.15) is 46.4 Å². The number of hydrogen-bond acceptors (Lipinski definition) is 6. The molecule has 7 nitrogen and oxygen atoms in total. The molecular weight excluding hydrogens is 362 g/mol. The summed E-state index contributed by atoms with van der Waals surface area (Å²) in [5.74, 6) is -0.115. The number of nitrogens with zero attached hydrogens (tertiary/aromatic N) is 3. The molecule has 146 valence electrons. The zero-order valence-corrected chi connectivity index (χ0v) is 17.4. The van der Waals surface area contributed by atoms with Crippen LogP contribution in [0.3, 0.4) is 0 Å². The van der Waals surface area contributed by atoms with Gasteiger partial charge in [-0.1, -0.05) is 6.92 Å². The molecule has 0 aliphatic carbocycles. The van der Waals surface area contributed by atoms with Crippen molar-refractivity contribution in [1.82, 2.24) is 25.4 Å². The number of carbonyl (C=O) groups is 1. The van der Waals surface area contributed by atoms with E-state index in [1.54, 1.807) is 7.05 Å². The van der Waals surface area contributed by atoms with Crippen molar-refractivity contribution in [2.75, 3.05) is 19.6 Å². The third kappa shape index (κ3) is 3.96. The minimum atomic E-state index is -0.193. The normalized spacial score (nSPS) is 16.3. The minimum absolute atomic E-state index is 0.115. The molecule has 0 spiro atoms. The zero-order chi connectivity index (χ0) is 19.8. The molecule has 2 aromatic heterocycles. The first-order chi connectivity index (χ1) is 12.7.